The van der Waals surface area contributed by atoms with E-state index >= 15 is 0 Å². The molecule has 0 radical (unpaired) electrons. The van der Waals surface area contributed by atoms with Crippen molar-refractivity contribution in [1.29, 1.82) is 0 Å². The molecule has 1 aromatic heterocycles. The minimum Gasteiger partial charge on any atom is -0.468 e. The van der Waals surface area contributed by atoms with Crippen molar-refractivity contribution in [2.75, 3.05) is 7.11 Å². The quantitative estimate of drug-likeness (QED) is 0.495. The predicted molar refractivity (Wildman–Crippen MR) is 106 cm³/mol. The summed E-state index contributed by atoms with van der Waals surface area (Å²) in [7, 11) is 1.31. The average molecular weight is 394 g/mol. The van der Waals surface area contributed by atoms with E-state index < -0.39 is 17.7 Å². The number of carbonyl (C=O) groups is 2. The number of amides is 1. The summed E-state index contributed by atoms with van der Waals surface area (Å²) in [6.07, 6.45) is 0. The molecule has 4 aromatic rings. The third kappa shape index (κ3) is 3.32. The number of ether oxygens (including phenoxy) is 1. The summed E-state index contributed by atoms with van der Waals surface area (Å²) < 4.78 is 20.5. The number of benzene rings is 3. The van der Waals surface area contributed by atoms with Gasteiger partial charge in [-0.05, 0) is 35.7 Å². The SMILES string of the molecule is COC(=O)Cn1c(=NC(=O)c2ccc(F)cc2)sc2c3ccccc3ccc21. The zero-order valence-electron chi connectivity index (χ0n) is 14.9. The van der Waals surface area contributed by atoms with Crippen molar-refractivity contribution in [3.8, 4) is 0 Å². The normalized spacial score (nSPS) is 11.9. The summed E-state index contributed by atoms with van der Waals surface area (Å²) in [6.45, 7) is -0.0651. The van der Waals surface area contributed by atoms with Crippen LogP contribution in [-0.2, 0) is 16.1 Å². The van der Waals surface area contributed by atoms with E-state index in [9.17, 15) is 14.0 Å². The molecule has 5 nitrogen and oxygen atoms in total. The maximum atomic E-state index is 13.1. The number of thiazole rings is 1. The number of hydrogen-bond donors (Lipinski definition) is 0. The van der Waals surface area contributed by atoms with Crippen LogP contribution in [-0.4, -0.2) is 23.6 Å². The Bertz CT molecular complexity index is 1270. The van der Waals surface area contributed by atoms with E-state index in [0.29, 0.717) is 4.80 Å². The van der Waals surface area contributed by atoms with Crippen LogP contribution in [0.25, 0.3) is 21.0 Å². The third-order valence-corrected chi connectivity index (χ3v) is 5.50. The lowest BCUT2D eigenvalue weighted by Crippen LogP contribution is -2.22. The number of fused-ring (bicyclic) bond motifs is 3. The average Bonchev–Trinajstić information content (AvgIpc) is 3.05. The van der Waals surface area contributed by atoms with Gasteiger partial charge >= 0.3 is 5.97 Å². The zero-order chi connectivity index (χ0) is 19.7. The first kappa shape index (κ1) is 18.1. The van der Waals surface area contributed by atoms with Crippen molar-refractivity contribution in [3.63, 3.8) is 0 Å². The van der Waals surface area contributed by atoms with E-state index in [0.717, 1.165) is 21.0 Å². The van der Waals surface area contributed by atoms with Crippen LogP contribution < -0.4 is 4.80 Å². The number of halogens is 1. The van der Waals surface area contributed by atoms with Crippen LogP contribution >= 0.6 is 11.3 Å². The van der Waals surface area contributed by atoms with Crippen molar-refractivity contribution < 1.29 is 18.7 Å². The number of methoxy groups -OCH3 is 1. The van der Waals surface area contributed by atoms with Crippen molar-refractivity contribution in [1.82, 2.24) is 4.57 Å². The summed E-state index contributed by atoms with van der Waals surface area (Å²) in [5, 5.41) is 2.07. The highest BCUT2D eigenvalue weighted by atomic mass is 32.1. The number of aromatic nitrogens is 1. The number of carbonyl (C=O) groups excluding carboxylic acids is 2. The van der Waals surface area contributed by atoms with Gasteiger partial charge in [-0.1, -0.05) is 41.7 Å². The second-order valence-electron chi connectivity index (χ2n) is 6.11. The fraction of sp³-hybridized carbons (Fsp3) is 0.0952. The van der Waals surface area contributed by atoms with Gasteiger partial charge in [0.25, 0.3) is 5.91 Å². The first-order valence-electron chi connectivity index (χ1n) is 8.49. The molecule has 0 fully saturated rings. The molecule has 0 aliphatic heterocycles. The fourth-order valence-electron chi connectivity index (χ4n) is 2.97. The first-order chi connectivity index (χ1) is 13.6. The molecule has 1 amide bonds. The minimum atomic E-state index is -0.505. The Morgan fingerprint density at radius 3 is 2.57 bits per heavy atom. The molecule has 0 unspecified atom stereocenters. The fourth-order valence-corrected chi connectivity index (χ4v) is 4.14. The second kappa shape index (κ2) is 7.36. The summed E-state index contributed by atoms with van der Waals surface area (Å²) in [5.41, 5.74) is 1.06. The van der Waals surface area contributed by atoms with Crippen molar-refractivity contribution in [2.24, 2.45) is 4.99 Å². The highest BCUT2D eigenvalue weighted by molar-refractivity contribution is 7.17. The van der Waals surface area contributed by atoms with Gasteiger partial charge in [-0.15, -0.1) is 0 Å². The molecular weight excluding hydrogens is 379 g/mol. The highest BCUT2D eigenvalue weighted by Crippen LogP contribution is 2.27. The van der Waals surface area contributed by atoms with Crippen molar-refractivity contribution in [3.05, 3.63) is 76.8 Å². The van der Waals surface area contributed by atoms with E-state index in [1.165, 1.54) is 42.7 Å². The molecule has 7 heteroatoms. The molecule has 28 heavy (non-hydrogen) atoms. The van der Waals surface area contributed by atoms with Gasteiger partial charge in [-0.3, -0.25) is 9.59 Å². The second-order valence-corrected chi connectivity index (χ2v) is 7.08. The molecule has 0 saturated carbocycles. The Morgan fingerprint density at radius 1 is 1.07 bits per heavy atom. The molecule has 140 valence electrons. The highest BCUT2D eigenvalue weighted by Gasteiger charge is 2.14. The van der Waals surface area contributed by atoms with Gasteiger partial charge in [-0.25, -0.2) is 4.39 Å². The Hall–Kier alpha value is -3.32. The molecule has 1 heterocycles. The third-order valence-electron chi connectivity index (χ3n) is 4.38. The van der Waals surface area contributed by atoms with Gasteiger partial charge in [0.05, 0.1) is 17.3 Å². The van der Waals surface area contributed by atoms with E-state index in [-0.39, 0.29) is 12.1 Å². The maximum Gasteiger partial charge on any atom is 0.325 e. The smallest absolute Gasteiger partial charge is 0.325 e. The lowest BCUT2D eigenvalue weighted by molar-refractivity contribution is -0.141. The summed E-state index contributed by atoms with van der Waals surface area (Å²) in [6, 6.07) is 16.9. The van der Waals surface area contributed by atoms with Crippen LogP contribution in [0.4, 0.5) is 4.39 Å². The Balaban J connectivity index is 1.93. The molecule has 3 aromatic carbocycles. The lowest BCUT2D eigenvalue weighted by atomic mass is 10.1. The monoisotopic (exact) mass is 394 g/mol. The van der Waals surface area contributed by atoms with Crippen molar-refractivity contribution in [2.45, 2.75) is 6.54 Å². The van der Waals surface area contributed by atoms with Gasteiger partial charge in [0.1, 0.15) is 12.4 Å². The van der Waals surface area contributed by atoms with E-state index in [2.05, 4.69) is 4.99 Å². The maximum absolute atomic E-state index is 13.1. The largest absolute Gasteiger partial charge is 0.468 e. The molecule has 0 spiro atoms. The van der Waals surface area contributed by atoms with Crippen LogP contribution in [0.1, 0.15) is 10.4 Å². The minimum absolute atomic E-state index is 0.0651. The van der Waals surface area contributed by atoms with Gasteiger partial charge in [0.15, 0.2) is 4.80 Å². The van der Waals surface area contributed by atoms with Crippen LogP contribution in [0, 0.1) is 5.82 Å². The van der Waals surface area contributed by atoms with Crippen LogP contribution in [0.2, 0.25) is 0 Å². The van der Waals surface area contributed by atoms with Crippen LogP contribution in [0.3, 0.4) is 0 Å². The zero-order valence-corrected chi connectivity index (χ0v) is 15.7. The standard InChI is InChI=1S/C21H15FN2O3S/c1-27-18(25)12-24-17-11-8-13-4-2-3-5-16(13)19(17)28-21(24)23-20(26)14-6-9-15(22)10-7-14/h2-11H,12H2,1H3. The van der Waals surface area contributed by atoms with Gasteiger partial charge in [-0.2, -0.15) is 4.99 Å². The van der Waals surface area contributed by atoms with E-state index in [1.807, 2.05) is 36.4 Å². The number of rotatable bonds is 3. The van der Waals surface area contributed by atoms with Crippen LogP contribution in [0.5, 0.6) is 0 Å². The molecule has 0 aliphatic rings. The number of hydrogen-bond acceptors (Lipinski definition) is 4. The molecule has 0 N–H and O–H groups in total. The van der Waals surface area contributed by atoms with Gasteiger partial charge in [0.2, 0.25) is 0 Å². The predicted octanol–water partition coefficient (Wildman–Crippen LogP) is 3.91. The molecule has 0 atom stereocenters. The summed E-state index contributed by atoms with van der Waals surface area (Å²) in [4.78, 5) is 29.1. The molecule has 0 aliphatic carbocycles. The van der Waals surface area contributed by atoms with E-state index in [4.69, 9.17) is 4.74 Å². The Kier molecular flexibility index (Phi) is 4.75. The topological polar surface area (TPSA) is 60.7 Å². The van der Waals surface area contributed by atoms with E-state index in [1.54, 1.807) is 4.57 Å². The lowest BCUT2D eigenvalue weighted by Gasteiger charge is -2.04. The van der Waals surface area contributed by atoms with Crippen molar-refractivity contribution >= 4 is 44.2 Å². The molecular formula is C21H15FN2O3S. The molecule has 0 bridgehead atoms. The Labute approximate surface area is 163 Å². The summed E-state index contributed by atoms with van der Waals surface area (Å²) >= 11 is 1.33. The van der Waals surface area contributed by atoms with Gasteiger partial charge < -0.3 is 9.30 Å². The number of nitrogens with zero attached hydrogens (tertiary/aromatic N) is 2. The summed E-state index contributed by atoms with van der Waals surface area (Å²) in [5.74, 6) is -1.37. The first-order valence-corrected chi connectivity index (χ1v) is 9.31. The molecule has 4 rings (SSSR count). The Morgan fingerprint density at radius 2 is 1.82 bits per heavy atom. The van der Waals surface area contributed by atoms with Crippen LogP contribution in [0.15, 0.2) is 65.7 Å². The molecule has 0 saturated heterocycles. The van der Waals surface area contributed by atoms with Gasteiger partial charge in [0, 0.05) is 10.9 Å². The number of esters is 1.